The summed E-state index contributed by atoms with van der Waals surface area (Å²) in [7, 11) is -1.79. The summed E-state index contributed by atoms with van der Waals surface area (Å²) in [4.78, 5) is 0. The zero-order valence-corrected chi connectivity index (χ0v) is 10.6. The van der Waals surface area contributed by atoms with Gasteiger partial charge in [-0.15, -0.1) is 0 Å². The summed E-state index contributed by atoms with van der Waals surface area (Å²) >= 11 is 0. The minimum Gasteiger partial charge on any atom is -0.395 e. The summed E-state index contributed by atoms with van der Waals surface area (Å²) in [6, 6.07) is -0.246. The van der Waals surface area contributed by atoms with Gasteiger partial charge in [0.15, 0.2) is 0 Å². The van der Waals surface area contributed by atoms with Gasteiger partial charge in [-0.2, -0.15) is 4.31 Å². The summed E-state index contributed by atoms with van der Waals surface area (Å²) in [6.07, 6.45) is 3.65. The highest BCUT2D eigenvalue weighted by molar-refractivity contribution is 7.89. The Kier molecular flexibility index (Phi) is 5.68. The number of rotatable bonds is 5. The molecule has 0 aliphatic carbocycles. The van der Waals surface area contributed by atoms with E-state index in [1.807, 2.05) is 0 Å². The van der Waals surface area contributed by atoms with Gasteiger partial charge in [0.1, 0.15) is 0 Å². The largest absolute Gasteiger partial charge is 0.395 e. The van der Waals surface area contributed by atoms with Crippen LogP contribution in [0.1, 0.15) is 25.7 Å². The molecular formula is C10H21NO4S. The third kappa shape index (κ3) is 3.69. The highest BCUT2D eigenvalue weighted by Crippen LogP contribution is 2.19. The molecule has 0 radical (unpaired) electrons. The first-order chi connectivity index (χ1) is 7.61. The minimum atomic E-state index is -3.28. The average molecular weight is 251 g/mol. The normalized spacial score (nSPS) is 24.2. The number of methoxy groups -OCH3 is 1. The highest BCUT2D eigenvalue weighted by atomic mass is 32.2. The Morgan fingerprint density at radius 2 is 2.12 bits per heavy atom. The average Bonchev–Trinajstić information content (AvgIpc) is 2.51. The van der Waals surface area contributed by atoms with Crippen molar-refractivity contribution in [3.05, 3.63) is 0 Å². The molecule has 16 heavy (non-hydrogen) atoms. The number of aliphatic hydroxyl groups excluding tert-OH is 1. The molecule has 0 saturated carbocycles. The minimum absolute atomic E-state index is 0. The van der Waals surface area contributed by atoms with Crippen molar-refractivity contribution in [1.82, 2.24) is 4.31 Å². The number of ether oxygens (including phenoxy) is 1. The Labute approximate surface area is 97.4 Å². The van der Waals surface area contributed by atoms with Gasteiger partial charge in [-0.1, -0.05) is 12.8 Å². The molecule has 1 N–H and O–H groups in total. The summed E-state index contributed by atoms with van der Waals surface area (Å²) in [5, 5.41) is 9.24. The lowest BCUT2D eigenvalue weighted by Gasteiger charge is -2.27. The van der Waals surface area contributed by atoms with Crippen LogP contribution in [0.25, 0.3) is 0 Å². The van der Waals surface area contributed by atoms with Crippen molar-refractivity contribution >= 4 is 10.0 Å². The molecule has 1 rings (SSSR count). The Bertz CT molecular complexity index is 291. The molecule has 1 fully saturated rings. The lowest BCUT2D eigenvalue weighted by Crippen LogP contribution is -2.43. The van der Waals surface area contributed by atoms with Gasteiger partial charge < -0.3 is 9.84 Å². The molecule has 1 unspecified atom stereocenters. The topological polar surface area (TPSA) is 66.8 Å². The van der Waals surface area contributed by atoms with Gasteiger partial charge in [0.2, 0.25) is 10.0 Å². The smallest absolute Gasteiger partial charge is 0.216 e. The zero-order valence-electron chi connectivity index (χ0n) is 9.76. The molecule has 0 spiro atoms. The van der Waals surface area contributed by atoms with Crippen LogP contribution in [0.15, 0.2) is 0 Å². The van der Waals surface area contributed by atoms with Gasteiger partial charge >= 0.3 is 0 Å². The Morgan fingerprint density at radius 1 is 1.38 bits per heavy atom. The van der Waals surface area contributed by atoms with Gasteiger partial charge in [0.25, 0.3) is 0 Å². The van der Waals surface area contributed by atoms with E-state index in [9.17, 15) is 13.5 Å². The maximum atomic E-state index is 12.0. The molecule has 1 heterocycles. The van der Waals surface area contributed by atoms with Crippen LogP contribution < -0.4 is 0 Å². The second kappa shape index (κ2) is 6.54. The Morgan fingerprint density at radius 3 is 2.75 bits per heavy atom. The zero-order chi connectivity index (χ0) is 12.0. The fourth-order valence-electron chi connectivity index (χ4n) is 2.01. The molecule has 1 atom stereocenters. The van der Waals surface area contributed by atoms with Crippen molar-refractivity contribution in [3.8, 4) is 0 Å². The molecule has 1 aliphatic heterocycles. The molecule has 0 amide bonds. The molecule has 1 saturated heterocycles. The second-order valence-corrected chi connectivity index (χ2v) is 6.15. The van der Waals surface area contributed by atoms with Crippen LogP contribution in [0.5, 0.6) is 0 Å². The van der Waals surface area contributed by atoms with Crippen molar-refractivity contribution < 1.29 is 18.3 Å². The van der Waals surface area contributed by atoms with Gasteiger partial charge in [-0.05, 0) is 12.8 Å². The predicted molar refractivity (Wildman–Crippen MR) is 61.7 cm³/mol. The van der Waals surface area contributed by atoms with Crippen LogP contribution in [-0.2, 0) is 14.8 Å². The van der Waals surface area contributed by atoms with Crippen molar-refractivity contribution in [2.24, 2.45) is 0 Å². The molecular weight excluding hydrogens is 230 g/mol. The quantitative estimate of drug-likeness (QED) is 0.758. The number of sulfonamides is 1. The van der Waals surface area contributed by atoms with Gasteiger partial charge in [0.05, 0.1) is 19.0 Å². The van der Waals surface area contributed by atoms with Crippen LogP contribution in [0.3, 0.4) is 0 Å². The van der Waals surface area contributed by atoms with Crippen molar-refractivity contribution in [3.63, 3.8) is 0 Å². The lowest BCUT2D eigenvalue weighted by atomic mass is 10.1. The second-order valence-electron chi connectivity index (χ2n) is 4.11. The van der Waals surface area contributed by atoms with Crippen molar-refractivity contribution in [1.29, 1.82) is 0 Å². The van der Waals surface area contributed by atoms with E-state index >= 15 is 0 Å². The predicted octanol–water partition coefficient (Wildman–Crippen LogP) is 0.199. The number of hydrogen-bond acceptors (Lipinski definition) is 4. The fourth-order valence-corrected chi connectivity index (χ4v) is 3.65. The van der Waals surface area contributed by atoms with Crippen LogP contribution in [0.2, 0.25) is 0 Å². The van der Waals surface area contributed by atoms with Crippen molar-refractivity contribution in [2.75, 3.05) is 32.6 Å². The summed E-state index contributed by atoms with van der Waals surface area (Å²) in [5.74, 6) is 0. The molecule has 5 nitrogen and oxygen atoms in total. The first-order valence-electron chi connectivity index (χ1n) is 5.71. The molecule has 96 valence electrons. The first-order valence-corrected chi connectivity index (χ1v) is 7.32. The Balaban J connectivity index is 2.72. The van der Waals surface area contributed by atoms with E-state index in [2.05, 4.69) is 0 Å². The van der Waals surface area contributed by atoms with Crippen LogP contribution in [0, 0.1) is 0 Å². The van der Waals surface area contributed by atoms with E-state index in [0.29, 0.717) is 6.54 Å². The van der Waals surface area contributed by atoms with Gasteiger partial charge in [0, 0.05) is 19.7 Å². The number of hydrogen-bond donors (Lipinski definition) is 1. The van der Waals surface area contributed by atoms with Crippen molar-refractivity contribution in [2.45, 2.75) is 31.7 Å². The number of aliphatic hydroxyl groups is 1. The summed E-state index contributed by atoms with van der Waals surface area (Å²) in [6.45, 7) is 0.639. The molecule has 0 aromatic carbocycles. The number of nitrogens with zero attached hydrogens (tertiary/aromatic N) is 1. The molecule has 1 aliphatic rings. The van der Waals surface area contributed by atoms with Gasteiger partial charge in [-0.3, -0.25) is 0 Å². The first kappa shape index (κ1) is 13.9. The van der Waals surface area contributed by atoms with E-state index in [0.717, 1.165) is 25.7 Å². The summed E-state index contributed by atoms with van der Waals surface area (Å²) < 4.78 is 30.3. The maximum absolute atomic E-state index is 12.0. The monoisotopic (exact) mass is 251 g/mol. The standard InChI is InChI=1S/C10H21NO4S/c1-15-7-8-16(13,14)11-6-4-2-3-5-10(11)9-12/h10,12H,2-9H2,1H3. The molecule has 0 bridgehead atoms. The fraction of sp³-hybridized carbons (Fsp3) is 1.00. The maximum Gasteiger partial charge on any atom is 0.216 e. The van der Waals surface area contributed by atoms with Crippen LogP contribution in [0.4, 0.5) is 0 Å². The molecule has 6 heteroatoms. The highest BCUT2D eigenvalue weighted by Gasteiger charge is 2.30. The van der Waals surface area contributed by atoms with E-state index in [1.165, 1.54) is 11.4 Å². The third-order valence-electron chi connectivity index (χ3n) is 2.94. The lowest BCUT2D eigenvalue weighted by molar-refractivity contribution is 0.182. The Hall–Kier alpha value is -0.170. The van der Waals surface area contributed by atoms with E-state index in [1.54, 1.807) is 0 Å². The molecule has 0 aromatic rings. The summed E-state index contributed by atoms with van der Waals surface area (Å²) in [5.41, 5.74) is 0. The van der Waals surface area contributed by atoms with E-state index in [4.69, 9.17) is 4.74 Å². The molecule has 0 aromatic heterocycles. The third-order valence-corrected chi connectivity index (χ3v) is 4.81. The van der Waals surface area contributed by atoms with Crippen LogP contribution in [-0.4, -0.2) is 56.5 Å². The van der Waals surface area contributed by atoms with E-state index in [-0.39, 0.29) is 25.0 Å². The van der Waals surface area contributed by atoms with Crippen LogP contribution >= 0.6 is 0 Å². The van der Waals surface area contributed by atoms with Gasteiger partial charge in [-0.25, -0.2) is 8.42 Å². The van der Waals surface area contributed by atoms with E-state index < -0.39 is 10.0 Å². The SMILES string of the molecule is COCCS(=O)(=O)N1CCCCCC1CO.